The Morgan fingerprint density at radius 2 is 1.35 bits per heavy atom. The minimum absolute atomic E-state index is 0.265. The summed E-state index contributed by atoms with van der Waals surface area (Å²) < 4.78 is 16.5. The van der Waals surface area contributed by atoms with Crippen molar-refractivity contribution in [2.24, 2.45) is 5.92 Å². The van der Waals surface area contributed by atoms with E-state index in [1.807, 2.05) is 0 Å². The Morgan fingerprint density at radius 1 is 1.00 bits per heavy atom. The van der Waals surface area contributed by atoms with Gasteiger partial charge in [-0.05, 0) is 17.9 Å². The molecule has 17 heavy (non-hydrogen) atoms. The number of rotatable bonds is 7. The van der Waals surface area contributed by atoms with Gasteiger partial charge in [-0.25, -0.2) is 0 Å². The Hall–Kier alpha value is 0.664. The predicted octanol–water partition coefficient (Wildman–Crippen LogP) is 2.07. The van der Waals surface area contributed by atoms with Crippen molar-refractivity contribution in [1.29, 1.82) is 0 Å². The van der Waals surface area contributed by atoms with Crippen LogP contribution in [-0.2, 0) is 13.3 Å². The van der Waals surface area contributed by atoms with Crippen LogP contribution in [-0.4, -0.2) is 43.6 Å². The van der Waals surface area contributed by atoms with Crippen LogP contribution in [0.15, 0.2) is 0 Å². The minimum atomic E-state index is -2.67. The standard InChI is InChI=1S/C11H28O3SSi2/c1-9(2)10(3,4)16-11(5,15)17(12-6,13-7)14-8/h9,15H,16H2,1-8H3/t11-/m0/s1. The number of thiol groups is 1. The van der Waals surface area contributed by atoms with Gasteiger partial charge in [0.1, 0.15) is 0 Å². The van der Waals surface area contributed by atoms with Crippen molar-refractivity contribution in [3.63, 3.8) is 0 Å². The quantitative estimate of drug-likeness (QED) is 0.576. The van der Waals surface area contributed by atoms with E-state index in [9.17, 15) is 0 Å². The molecule has 0 aliphatic heterocycles. The summed E-state index contributed by atoms with van der Waals surface area (Å²) in [5, 5.41) is 0.296. The van der Waals surface area contributed by atoms with E-state index in [1.54, 1.807) is 21.3 Å². The Kier molecular flexibility index (Phi) is 6.45. The van der Waals surface area contributed by atoms with Gasteiger partial charge in [-0.3, -0.25) is 0 Å². The molecule has 0 saturated heterocycles. The fraction of sp³-hybridized carbons (Fsp3) is 1.00. The summed E-state index contributed by atoms with van der Waals surface area (Å²) in [6, 6.07) is 0. The summed E-state index contributed by atoms with van der Waals surface area (Å²) in [4.78, 5) is 0. The molecule has 104 valence electrons. The highest BCUT2D eigenvalue weighted by Gasteiger charge is 2.56. The zero-order valence-electron chi connectivity index (χ0n) is 12.5. The largest absolute Gasteiger partial charge is 0.512 e. The lowest BCUT2D eigenvalue weighted by Crippen LogP contribution is -2.64. The second kappa shape index (κ2) is 6.21. The second-order valence-corrected chi connectivity index (χ2v) is 15.5. The molecule has 0 aliphatic carbocycles. The van der Waals surface area contributed by atoms with E-state index in [0.717, 1.165) is 0 Å². The van der Waals surface area contributed by atoms with Gasteiger partial charge >= 0.3 is 8.80 Å². The van der Waals surface area contributed by atoms with E-state index in [0.29, 0.717) is 11.0 Å². The third kappa shape index (κ3) is 3.81. The van der Waals surface area contributed by atoms with E-state index in [4.69, 9.17) is 25.9 Å². The van der Waals surface area contributed by atoms with Crippen molar-refractivity contribution in [3.05, 3.63) is 0 Å². The molecule has 0 amide bonds. The van der Waals surface area contributed by atoms with Crippen LogP contribution in [0.2, 0.25) is 5.04 Å². The molecule has 0 fully saturated rings. The van der Waals surface area contributed by atoms with Crippen molar-refractivity contribution in [2.75, 3.05) is 21.3 Å². The first kappa shape index (κ1) is 17.7. The molecule has 1 atom stereocenters. The maximum atomic E-state index is 5.58. The van der Waals surface area contributed by atoms with E-state index in [-0.39, 0.29) is 3.99 Å². The molecule has 0 saturated carbocycles. The zero-order valence-corrected chi connectivity index (χ0v) is 15.8. The smallest absolute Gasteiger partial charge is 0.376 e. The molecule has 0 aromatic carbocycles. The monoisotopic (exact) mass is 296 g/mol. The van der Waals surface area contributed by atoms with Crippen molar-refractivity contribution in [3.8, 4) is 0 Å². The summed E-state index contributed by atoms with van der Waals surface area (Å²) >= 11 is 4.84. The van der Waals surface area contributed by atoms with Gasteiger partial charge in [-0.15, -0.1) is 0 Å². The molecule has 0 radical (unpaired) electrons. The number of hydrogen-bond donors (Lipinski definition) is 1. The Balaban J connectivity index is 5.11. The average Bonchev–Trinajstić information content (AvgIpc) is 2.18. The Morgan fingerprint density at radius 3 is 1.59 bits per heavy atom. The maximum absolute atomic E-state index is 5.58. The van der Waals surface area contributed by atoms with Gasteiger partial charge in [0.05, 0.1) is 13.5 Å². The molecular formula is C11H28O3SSi2. The lowest BCUT2D eigenvalue weighted by Gasteiger charge is -2.43. The van der Waals surface area contributed by atoms with Crippen molar-refractivity contribution in [2.45, 2.75) is 43.7 Å². The lowest BCUT2D eigenvalue weighted by molar-refractivity contribution is 0.118. The maximum Gasteiger partial charge on any atom is 0.512 e. The molecule has 0 N–H and O–H groups in total. The van der Waals surface area contributed by atoms with Crippen LogP contribution < -0.4 is 0 Å². The Bertz CT molecular complexity index is 233. The fourth-order valence-electron chi connectivity index (χ4n) is 2.11. The van der Waals surface area contributed by atoms with E-state index >= 15 is 0 Å². The van der Waals surface area contributed by atoms with E-state index in [1.165, 1.54) is 0 Å². The highest BCUT2D eigenvalue weighted by atomic mass is 32.1. The van der Waals surface area contributed by atoms with Crippen LogP contribution >= 0.6 is 12.6 Å². The van der Waals surface area contributed by atoms with Crippen LogP contribution in [0.5, 0.6) is 0 Å². The highest BCUT2D eigenvalue weighted by molar-refractivity contribution is 7.86. The van der Waals surface area contributed by atoms with Crippen LogP contribution in [0.25, 0.3) is 0 Å². The molecule has 0 aliphatic rings. The normalized spacial score (nSPS) is 18.0. The van der Waals surface area contributed by atoms with Gasteiger partial charge in [0.2, 0.25) is 0 Å². The molecule has 3 nitrogen and oxygen atoms in total. The molecule has 0 unspecified atom stereocenters. The SMILES string of the molecule is CO[Si](OC)(OC)[C@@](C)(S)[SiH2]C(C)(C)C(C)C. The summed E-state index contributed by atoms with van der Waals surface area (Å²) in [5.74, 6) is 0.623. The zero-order chi connectivity index (χ0) is 13.9. The van der Waals surface area contributed by atoms with Gasteiger partial charge in [0.25, 0.3) is 0 Å². The summed E-state index contributed by atoms with van der Waals surface area (Å²) in [6.45, 7) is 11.2. The molecule has 0 rings (SSSR count). The summed E-state index contributed by atoms with van der Waals surface area (Å²) in [5.41, 5.74) is 0. The molecule has 0 aromatic rings. The number of hydrogen-bond acceptors (Lipinski definition) is 4. The third-order valence-electron chi connectivity index (χ3n) is 3.83. The first-order valence-corrected chi connectivity index (χ1v) is 9.55. The predicted molar refractivity (Wildman–Crippen MR) is 81.6 cm³/mol. The fourth-order valence-corrected chi connectivity index (χ4v) is 11.7. The minimum Gasteiger partial charge on any atom is -0.376 e. The van der Waals surface area contributed by atoms with Gasteiger partial charge in [-0.2, -0.15) is 12.6 Å². The van der Waals surface area contributed by atoms with E-state index < -0.39 is 18.3 Å². The second-order valence-electron chi connectivity index (χ2n) is 5.76. The van der Waals surface area contributed by atoms with Crippen molar-refractivity contribution >= 4 is 31.0 Å². The Labute approximate surface area is 115 Å². The van der Waals surface area contributed by atoms with Crippen molar-refractivity contribution in [1.82, 2.24) is 0 Å². The first-order chi connectivity index (χ1) is 7.58. The van der Waals surface area contributed by atoms with Crippen LogP contribution in [0, 0.1) is 5.92 Å². The van der Waals surface area contributed by atoms with Gasteiger partial charge < -0.3 is 13.3 Å². The first-order valence-electron chi connectivity index (χ1n) is 5.96. The molecule has 0 spiro atoms. The summed E-state index contributed by atoms with van der Waals surface area (Å²) in [6.07, 6.45) is 0. The molecule has 0 heterocycles. The van der Waals surface area contributed by atoms with Crippen LogP contribution in [0.1, 0.15) is 34.6 Å². The van der Waals surface area contributed by atoms with Gasteiger partial charge in [-0.1, -0.05) is 27.7 Å². The van der Waals surface area contributed by atoms with Gasteiger partial charge in [0.15, 0.2) is 0 Å². The summed E-state index contributed by atoms with van der Waals surface area (Å²) in [7, 11) is 1.73. The molecule has 6 heteroatoms. The van der Waals surface area contributed by atoms with E-state index in [2.05, 4.69) is 34.6 Å². The van der Waals surface area contributed by atoms with Crippen LogP contribution in [0.4, 0.5) is 0 Å². The van der Waals surface area contributed by atoms with Crippen molar-refractivity contribution < 1.29 is 13.3 Å². The third-order valence-corrected chi connectivity index (χ3v) is 12.3. The topological polar surface area (TPSA) is 27.7 Å². The van der Waals surface area contributed by atoms with Crippen LogP contribution in [0.3, 0.4) is 0 Å². The lowest BCUT2D eigenvalue weighted by atomic mass is 9.99. The highest BCUT2D eigenvalue weighted by Crippen LogP contribution is 2.41. The molecule has 0 aromatic heterocycles. The molecule has 0 bridgehead atoms. The average molecular weight is 297 g/mol. The van der Waals surface area contributed by atoms with Gasteiger partial charge in [0, 0.05) is 21.3 Å². The molecular weight excluding hydrogens is 268 g/mol.